The zero-order valence-electron chi connectivity index (χ0n) is 12.7. The number of hydrogen-bond acceptors (Lipinski definition) is 4. The van der Waals surface area contributed by atoms with Crippen molar-refractivity contribution in [3.8, 4) is 5.69 Å². The van der Waals surface area contributed by atoms with Crippen molar-refractivity contribution < 1.29 is 9.90 Å². The number of carbonyl (C=O) groups excluding carboxylic acids is 1. The molecule has 0 saturated heterocycles. The Balaban J connectivity index is 2.01. The number of aromatic nitrogens is 2. The van der Waals surface area contributed by atoms with Crippen LogP contribution in [0.4, 0.5) is 0 Å². The SMILES string of the molecule is CC(=O)[C@](C)(O)CN(C)Cc1cnn(-c2ccccc2)c1. The lowest BCUT2D eigenvalue weighted by Gasteiger charge is -2.26. The lowest BCUT2D eigenvalue weighted by Crippen LogP contribution is -2.44. The lowest BCUT2D eigenvalue weighted by molar-refractivity contribution is -0.135. The highest BCUT2D eigenvalue weighted by Gasteiger charge is 2.27. The Morgan fingerprint density at radius 1 is 1.38 bits per heavy atom. The van der Waals surface area contributed by atoms with Crippen LogP contribution in [0.15, 0.2) is 42.7 Å². The maximum atomic E-state index is 11.3. The summed E-state index contributed by atoms with van der Waals surface area (Å²) in [6.07, 6.45) is 3.75. The second-order valence-corrected chi connectivity index (χ2v) is 5.63. The minimum atomic E-state index is -1.32. The second-order valence-electron chi connectivity index (χ2n) is 5.63. The summed E-state index contributed by atoms with van der Waals surface area (Å²) in [5.41, 5.74) is 0.715. The maximum Gasteiger partial charge on any atom is 0.162 e. The van der Waals surface area contributed by atoms with Gasteiger partial charge in [0.2, 0.25) is 0 Å². The van der Waals surface area contributed by atoms with Crippen molar-refractivity contribution >= 4 is 5.78 Å². The molecule has 0 aliphatic rings. The minimum absolute atomic E-state index is 0.227. The van der Waals surface area contributed by atoms with Crippen LogP contribution in [0.5, 0.6) is 0 Å². The molecule has 1 heterocycles. The number of benzene rings is 1. The number of rotatable bonds is 6. The fraction of sp³-hybridized carbons (Fsp3) is 0.375. The topological polar surface area (TPSA) is 58.4 Å². The summed E-state index contributed by atoms with van der Waals surface area (Å²) in [5, 5.41) is 14.3. The quantitative estimate of drug-likeness (QED) is 0.877. The summed E-state index contributed by atoms with van der Waals surface area (Å²) in [4.78, 5) is 13.3. The van der Waals surface area contributed by atoms with Gasteiger partial charge in [0, 0.05) is 24.8 Å². The first-order valence-electron chi connectivity index (χ1n) is 6.89. The van der Waals surface area contributed by atoms with Crippen molar-refractivity contribution in [3.63, 3.8) is 0 Å². The first-order chi connectivity index (χ1) is 9.88. The van der Waals surface area contributed by atoms with Crippen LogP contribution < -0.4 is 0 Å². The fourth-order valence-electron chi connectivity index (χ4n) is 2.17. The first-order valence-corrected chi connectivity index (χ1v) is 6.89. The van der Waals surface area contributed by atoms with Gasteiger partial charge in [-0.1, -0.05) is 18.2 Å². The van der Waals surface area contributed by atoms with Gasteiger partial charge in [-0.3, -0.25) is 9.69 Å². The van der Waals surface area contributed by atoms with Gasteiger partial charge in [-0.2, -0.15) is 5.10 Å². The molecule has 0 aliphatic carbocycles. The van der Waals surface area contributed by atoms with Gasteiger partial charge in [0.05, 0.1) is 11.9 Å². The monoisotopic (exact) mass is 287 g/mol. The van der Waals surface area contributed by atoms with Crippen LogP contribution in [0.1, 0.15) is 19.4 Å². The molecular weight excluding hydrogens is 266 g/mol. The van der Waals surface area contributed by atoms with Gasteiger partial charge >= 0.3 is 0 Å². The Bertz CT molecular complexity index is 605. The smallest absolute Gasteiger partial charge is 0.162 e. The molecule has 0 unspecified atom stereocenters. The molecule has 1 N–H and O–H groups in total. The number of ketones is 1. The van der Waals surface area contributed by atoms with Gasteiger partial charge < -0.3 is 5.11 Å². The molecule has 0 amide bonds. The third-order valence-electron chi connectivity index (χ3n) is 3.45. The summed E-state index contributed by atoms with van der Waals surface area (Å²) >= 11 is 0. The maximum absolute atomic E-state index is 11.3. The molecule has 0 saturated carbocycles. The highest BCUT2D eigenvalue weighted by molar-refractivity contribution is 5.84. The largest absolute Gasteiger partial charge is 0.381 e. The van der Waals surface area contributed by atoms with Crippen LogP contribution in [-0.4, -0.2) is 44.8 Å². The Kier molecular flexibility index (Phi) is 4.55. The zero-order chi connectivity index (χ0) is 15.5. The third-order valence-corrected chi connectivity index (χ3v) is 3.45. The van der Waals surface area contributed by atoms with E-state index < -0.39 is 5.60 Å². The molecule has 0 fully saturated rings. The average Bonchev–Trinajstić information content (AvgIpc) is 2.87. The lowest BCUT2D eigenvalue weighted by atomic mass is 10.0. The summed E-state index contributed by atoms with van der Waals surface area (Å²) in [6.45, 7) is 3.86. The molecule has 5 nitrogen and oxygen atoms in total. The molecule has 2 rings (SSSR count). The van der Waals surface area contributed by atoms with E-state index in [2.05, 4.69) is 5.10 Å². The number of likely N-dealkylation sites (N-methyl/N-ethyl adjacent to an activating group) is 1. The molecule has 5 heteroatoms. The van der Waals surface area contributed by atoms with E-state index >= 15 is 0 Å². The highest BCUT2D eigenvalue weighted by atomic mass is 16.3. The molecule has 1 aromatic heterocycles. The number of carbonyl (C=O) groups is 1. The van der Waals surface area contributed by atoms with Crippen molar-refractivity contribution in [3.05, 3.63) is 48.3 Å². The van der Waals surface area contributed by atoms with E-state index in [0.717, 1.165) is 11.3 Å². The van der Waals surface area contributed by atoms with Crippen LogP contribution in [0.3, 0.4) is 0 Å². The summed E-state index contributed by atoms with van der Waals surface area (Å²) in [5.74, 6) is -0.227. The molecule has 1 atom stereocenters. The van der Waals surface area contributed by atoms with Gasteiger partial charge in [0.15, 0.2) is 5.78 Å². The molecule has 1 aromatic carbocycles. The minimum Gasteiger partial charge on any atom is -0.381 e. The molecule has 0 bridgehead atoms. The Labute approximate surface area is 124 Å². The van der Waals surface area contributed by atoms with Crippen molar-refractivity contribution in [2.45, 2.75) is 26.0 Å². The Morgan fingerprint density at radius 3 is 2.67 bits per heavy atom. The van der Waals surface area contributed by atoms with Gasteiger partial charge in [-0.05, 0) is 33.0 Å². The molecule has 21 heavy (non-hydrogen) atoms. The predicted molar refractivity (Wildman–Crippen MR) is 81.2 cm³/mol. The fourth-order valence-corrected chi connectivity index (χ4v) is 2.17. The van der Waals surface area contributed by atoms with Crippen molar-refractivity contribution in [1.82, 2.24) is 14.7 Å². The van der Waals surface area contributed by atoms with Crippen molar-refractivity contribution in [1.29, 1.82) is 0 Å². The summed E-state index contributed by atoms with van der Waals surface area (Å²) < 4.78 is 1.81. The van der Waals surface area contributed by atoms with E-state index in [4.69, 9.17) is 0 Å². The molecule has 0 radical (unpaired) electrons. The Hall–Kier alpha value is -1.98. The number of hydrogen-bond donors (Lipinski definition) is 1. The second kappa shape index (κ2) is 6.20. The van der Waals surface area contributed by atoms with E-state index in [1.54, 1.807) is 13.1 Å². The van der Waals surface area contributed by atoms with Gasteiger partial charge in [-0.15, -0.1) is 0 Å². The van der Waals surface area contributed by atoms with Crippen molar-refractivity contribution in [2.75, 3.05) is 13.6 Å². The van der Waals surface area contributed by atoms with E-state index in [-0.39, 0.29) is 5.78 Å². The van der Waals surface area contributed by atoms with Crippen LogP contribution >= 0.6 is 0 Å². The standard InChI is InChI=1S/C16H21N3O2/c1-13(20)16(2,21)12-18(3)10-14-9-17-19(11-14)15-7-5-4-6-8-15/h4-9,11,21H,10,12H2,1-3H3/t16-/m1/s1. The number of aliphatic hydroxyl groups is 1. The van der Waals surface area contributed by atoms with Crippen LogP contribution in [0, 0.1) is 0 Å². The van der Waals surface area contributed by atoms with Crippen LogP contribution in [0.2, 0.25) is 0 Å². The zero-order valence-corrected chi connectivity index (χ0v) is 12.7. The van der Waals surface area contributed by atoms with Gasteiger partial charge in [-0.25, -0.2) is 4.68 Å². The first kappa shape index (κ1) is 15.4. The molecule has 2 aromatic rings. The van der Waals surface area contributed by atoms with E-state index in [0.29, 0.717) is 13.1 Å². The van der Waals surface area contributed by atoms with Gasteiger partial charge in [0.1, 0.15) is 5.60 Å². The normalized spacial score (nSPS) is 14.1. The van der Waals surface area contributed by atoms with Gasteiger partial charge in [0.25, 0.3) is 0 Å². The van der Waals surface area contributed by atoms with E-state index in [1.807, 2.05) is 53.2 Å². The van der Waals surface area contributed by atoms with Crippen LogP contribution in [0.25, 0.3) is 5.69 Å². The molecular formula is C16H21N3O2. The molecule has 0 spiro atoms. The highest BCUT2D eigenvalue weighted by Crippen LogP contribution is 2.12. The molecule has 0 aliphatic heterocycles. The molecule has 112 valence electrons. The predicted octanol–water partition coefficient (Wildman–Crippen LogP) is 1.64. The summed E-state index contributed by atoms with van der Waals surface area (Å²) in [7, 11) is 1.87. The van der Waals surface area contributed by atoms with E-state index in [1.165, 1.54) is 6.92 Å². The Morgan fingerprint density at radius 2 is 2.05 bits per heavy atom. The van der Waals surface area contributed by atoms with E-state index in [9.17, 15) is 9.90 Å². The number of para-hydroxylation sites is 1. The average molecular weight is 287 g/mol. The third kappa shape index (κ3) is 4.00. The number of nitrogens with zero attached hydrogens (tertiary/aromatic N) is 3. The summed E-state index contributed by atoms with van der Waals surface area (Å²) in [6, 6.07) is 9.87. The van der Waals surface area contributed by atoms with Crippen molar-refractivity contribution in [2.24, 2.45) is 0 Å². The van der Waals surface area contributed by atoms with Crippen LogP contribution in [-0.2, 0) is 11.3 Å². The number of Topliss-reactive ketones (excluding diaryl/α,β-unsaturated/α-hetero) is 1.